The van der Waals surface area contributed by atoms with E-state index in [1.54, 1.807) is 13.8 Å². The second-order valence-corrected chi connectivity index (χ2v) is 9.49. The molecule has 0 spiro atoms. The van der Waals surface area contributed by atoms with Gasteiger partial charge in [0.1, 0.15) is 5.78 Å². The highest BCUT2D eigenvalue weighted by atomic mass is 127. The number of Topliss-reactive ketones (excluding diaryl/α,β-unsaturated/α-hetero) is 1. The van der Waals surface area contributed by atoms with Crippen molar-refractivity contribution < 1.29 is 13.2 Å². The van der Waals surface area contributed by atoms with Gasteiger partial charge in [-0.3, -0.25) is 4.79 Å². The summed E-state index contributed by atoms with van der Waals surface area (Å²) in [6, 6.07) is 7.96. The maximum Gasteiger partial charge on any atom is 0.152 e. The van der Waals surface area contributed by atoms with E-state index in [4.69, 9.17) is 0 Å². The van der Waals surface area contributed by atoms with Gasteiger partial charge in [0.25, 0.3) is 0 Å². The molecule has 0 bridgehead atoms. The van der Waals surface area contributed by atoms with Gasteiger partial charge in [-0.25, -0.2) is 8.42 Å². The third-order valence-corrected chi connectivity index (χ3v) is 6.43. The molecular weight excluding hydrogens is 399 g/mol. The number of carbonyl (C=O) groups excluding carboxylic acids is 1. The van der Waals surface area contributed by atoms with Crippen LogP contribution in [0.5, 0.6) is 0 Å². The quantitative estimate of drug-likeness (QED) is 0.450. The maximum atomic E-state index is 11.8. The standard InChI is InChI=1S/C16H23IO3S/c1-13(2)21(19,20)11-5-3-4-6-16(18)12-14-7-9-15(17)10-8-14/h7-10,13H,3-6,11-12H2,1-2H3. The Labute approximate surface area is 141 Å². The summed E-state index contributed by atoms with van der Waals surface area (Å²) in [4.78, 5) is 11.8. The average molecular weight is 422 g/mol. The number of hydrogen-bond donors (Lipinski definition) is 0. The molecule has 0 aliphatic carbocycles. The highest BCUT2D eigenvalue weighted by Crippen LogP contribution is 2.11. The molecule has 0 fully saturated rings. The molecule has 0 amide bonds. The van der Waals surface area contributed by atoms with Gasteiger partial charge in [-0.2, -0.15) is 0 Å². The first-order chi connectivity index (χ1) is 9.81. The van der Waals surface area contributed by atoms with Gasteiger partial charge < -0.3 is 0 Å². The lowest BCUT2D eigenvalue weighted by atomic mass is 10.0. The van der Waals surface area contributed by atoms with Crippen molar-refractivity contribution in [3.63, 3.8) is 0 Å². The van der Waals surface area contributed by atoms with Crippen molar-refractivity contribution >= 4 is 38.2 Å². The zero-order valence-electron chi connectivity index (χ0n) is 12.6. The predicted octanol–water partition coefficient (Wildman–Crippen LogP) is 3.79. The molecule has 0 atom stereocenters. The second-order valence-electron chi connectivity index (χ2n) is 5.57. The normalized spacial score (nSPS) is 11.8. The summed E-state index contributed by atoms with van der Waals surface area (Å²) in [5.41, 5.74) is 1.04. The number of unbranched alkanes of at least 4 members (excludes halogenated alkanes) is 2. The molecule has 0 unspecified atom stereocenters. The summed E-state index contributed by atoms with van der Waals surface area (Å²) in [6.07, 6.45) is 3.23. The number of carbonyl (C=O) groups is 1. The molecule has 5 heteroatoms. The second kappa shape index (κ2) is 8.88. The van der Waals surface area contributed by atoms with Crippen molar-refractivity contribution in [3.05, 3.63) is 33.4 Å². The van der Waals surface area contributed by atoms with Crippen molar-refractivity contribution in [2.45, 2.75) is 51.2 Å². The lowest BCUT2D eigenvalue weighted by molar-refractivity contribution is -0.118. The minimum absolute atomic E-state index is 0.225. The van der Waals surface area contributed by atoms with E-state index in [1.807, 2.05) is 24.3 Å². The van der Waals surface area contributed by atoms with Crippen LogP contribution in [0.4, 0.5) is 0 Å². The van der Waals surface area contributed by atoms with Crippen LogP contribution in [0.3, 0.4) is 0 Å². The van der Waals surface area contributed by atoms with Crippen LogP contribution < -0.4 is 0 Å². The fourth-order valence-electron chi connectivity index (χ4n) is 1.96. The van der Waals surface area contributed by atoms with Crippen LogP contribution in [-0.2, 0) is 21.1 Å². The summed E-state index contributed by atoms with van der Waals surface area (Å²) in [7, 11) is -2.94. The fourth-order valence-corrected chi connectivity index (χ4v) is 3.39. The van der Waals surface area contributed by atoms with Crippen molar-refractivity contribution in [1.29, 1.82) is 0 Å². The molecular formula is C16H23IO3S. The highest BCUT2D eigenvalue weighted by molar-refractivity contribution is 14.1. The first-order valence-electron chi connectivity index (χ1n) is 7.29. The monoisotopic (exact) mass is 422 g/mol. The van der Waals surface area contributed by atoms with Crippen molar-refractivity contribution in [2.24, 2.45) is 0 Å². The lowest BCUT2D eigenvalue weighted by Gasteiger charge is -2.07. The van der Waals surface area contributed by atoms with Crippen molar-refractivity contribution in [3.8, 4) is 0 Å². The SMILES string of the molecule is CC(C)S(=O)(=O)CCCCCC(=O)Cc1ccc(I)cc1. The van der Waals surface area contributed by atoms with Gasteiger partial charge in [-0.05, 0) is 67.0 Å². The van der Waals surface area contributed by atoms with E-state index in [9.17, 15) is 13.2 Å². The van der Waals surface area contributed by atoms with Gasteiger partial charge in [-0.15, -0.1) is 0 Å². The minimum atomic E-state index is -2.94. The van der Waals surface area contributed by atoms with Gasteiger partial charge in [0.15, 0.2) is 9.84 Å². The molecule has 0 saturated carbocycles. The van der Waals surface area contributed by atoms with Gasteiger partial charge >= 0.3 is 0 Å². The number of hydrogen-bond acceptors (Lipinski definition) is 3. The van der Waals surface area contributed by atoms with E-state index in [0.29, 0.717) is 19.3 Å². The van der Waals surface area contributed by atoms with Crippen LogP contribution in [-0.4, -0.2) is 25.2 Å². The van der Waals surface area contributed by atoms with Crippen LogP contribution in [0, 0.1) is 3.57 Å². The summed E-state index contributed by atoms with van der Waals surface area (Å²) in [5, 5.41) is -0.306. The molecule has 1 aromatic rings. The molecule has 0 aliphatic heterocycles. The Bertz CT molecular complexity index is 547. The number of sulfone groups is 1. The van der Waals surface area contributed by atoms with Crippen molar-refractivity contribution in [1.82, 2.24) is 0 Å². The van der Waals surface area contributed by atoms with E-state index in [1.165, 1.54) is 0 Å². The van der Waals surface area contributed by atoms with Crippen LogP contribution in [0.1, 0.15) is 45.1 Å². The summed E-state index contributed by atoms with van der Waals surface area (Å²) >= 11 is 2.24. The number of halogens is 1. The Morgan fingerprint density at radius 2 is 1.71 bits per heavy atom. The highest BCUT2D eigenvalue weighted by Gasteiger charge is 2.15. The van der Waals surface area contributed by atoms with Crippen molar-refractivity contribution in [2.75, 3.05) is 5.75 Å². The zero-order valence-corrected chi connectivity index (χ0v) is 15.6. The molecule has 0 heterocycles. The molecule has 0 aliphatic rings. The Morgan fingerprint density at radius 1 is 1.10 bits per heavy atom. The first-order valence-corrected chi connectivity index (χ1v) is 10.1. The zero-order chi connectivity index (χ0) is 15.9. The fraction of sp³-hybridized carbons (Fsp3) is 0.562. The Balaban J connectivity index is 2.21. The molecule has 118 valence electrons. The maximum absolute atomic E-state index is 11.8. The molecule has 0 aromatic heterocycles. The summed E-state index contributed by atoms with van der Waals surface area (Å²) < 4.78 is 24.4. The van der Waals surface area contributed by atoms with Gasteiger partial charge in [-0.1, -0.05) is 18.6 Å². The van der Waals surface area contributed by atoms with Gasteiger partial charge in [0, 0.05) is 16.4 Å². The number of ketones is 1. The largest absolute Gasteiger partial charge is 0.299 e. The molecule has 21 heavy (non-hydrogen) atoms. The third-order valence-electron chi connectivity index (χ3n) is 3.42. The first kappa shape index (κ1) is 18.6. The van der Waals surface area contributed by atoms with Crippen LogP contribution in [0.2, 0.25) is 0 Å². The Hall–Kier alpha value is -0.430. The van der Waals surface area contributed by atoms with Crippen LogP contribution in [0.15, 0.2) is 24.3 Å². The summed E-state index contributed by atoms with van der Waals surface area (Å²) in [6.45, 7) is 3.42. The summed E-state index contributed by atoms with van der Waals surface area (Å²) in [5.74, 6) is 0.457. The van der Waals surface area contributed by atoms with Crippen LogP contribution in [0.25, 0.3) is 0 Å². The molecule has 0 N–H and O–H groups in total. The Kier molecular flexibility index (Phi) is 7.87. The van der Waals surface area contributed by atoms with E-state index in [-0.39, 0.29) is 16.8 Å². The lowest BCUT2D eigenvalue weighted by Crippen LogP contribution is -2.17. The smallest absolute Gasteiger partial charge is 0.152 e. The number of benzene rings is 1. The van der Waals surface area contributed by atoms with Gasteiger partial charge in [0.05, 0.1) is 11.0 Å². The Morgan fingerprint density at radius 3 is 2.29 bits per heavy atom. The predicted molar refractivity (Wildman–Crippen MR) is 95.3 cm³/mol. The topological polar surface area (TPSA) is 51.2 Å². The molecule has 1 aromatic carbocycles. The molecule has 3 nitrogen and oxygen atoms in total. The molecule has 1 rings (SSSR count). The van der Waals surface area contributed by atoms with E-state index in [2.05, 4.69) is 22.6 Å². The van der Waals surface area contributed by atoms with E-state index < -0.39 is 9.84 Å². The number of rotatable bonds is 9. The van der Waals surface area contributed by atoms with E-state index >= 15 is 0 Å². The third kappa shape index (κ3) is 7.40. The minimum Gasteiger partial charge on any atom is -0.299 e. The average Bonchev–Trinajstić information content (AvgIpc) is 2.40. The molecule has 0 saturated heterocycles. The van der Waals surface area contributed by atoms with E-state index in [0.717, 1.165) is 22.0 Å². The van der Waals surface area contributed by atoms with Crippen LogP contribution >= 0.6 is 22.6 Å². The molecule has 0 radical (unpaired) electrons. The van der Waals surface area contributed by atoms with Gasteiger partial charge in [0.2, 0.25) is 0 Å².